The molecule has 0 aromatic rings. The largest absolute Gasteiger partial charge is 0.414 e. The van der Waals surface area contributed by atoms with Crippen LogP contribution in [0.1, 0.15) is 100 Å². The average molecular weight is 549 g/mol. The SMILES string of the molecule is CC(C)(C)[Si](C)(C)OC1CC2=CC[C@H]3[C@@H]4CC[C@H](CO)[C@@]4(C)CC[C@@H]3[C@@]2(C)[C@@H](O[Si](C)(C)C(C)(C)C)C1. The molecular weight excluding hydrogens is 489 g/mol. The monoisotopic (exact) mass is 548 g/mol. The first-order valence-electron chi connectivity index (χ1n) is 15.4. The molecule has 1 N–H and O–H groups in total. The Morgan fingerprint density at radius 1 is 0.892 bits per heavy atom. The van der Waals surface area contributed by atoms with Crippen molar-refractivity contribution in [3.05, 3.63) is 11.6 Å². The fourth-order valence-corrected chi connectivity index (χ4v) is 11.2. The molecular formula is C32H60O3Si2. The fraction of sp³-hybridized carbons (Fsp3) is 0.938. The lowest BCUT2D eigenvalue weighted by Crippen LogP contribution is -2.60. The van der Waals surface area contributed by atoms with Crippen LogP contribution in [0.3, 0.4) is 0 Å². The van der Waals surface area contributed by atoms with E-state index in [1.807, 2.05) is 0 Å². The van der Waals surface area contributed by atoms with Gasteiger partial charge in [0.05, 0.1) is 12.2 Å². The quantitative estimate of drug-likeness (QED) is 0.275. The molecule has 0 saturated heterocycles. The van der Waals surface area contributed by atoms with Gasteiger partial charge >= 0.3 is 0 Å². The molecule has 3 nitrogen and oxygen atoms in total. The van der Waals surface area contributed by atoms with Gasteiger partial charge in [0.15, 0.2) is 16.6 Å². The summed E-state index contributed by atoms with van der Waals surface area (Å²) in [6, 6.07) is 0. The predicted molar refractivity (Wildman–Crippen MR) is 162 cm³/mol. The number of hydrogen-bond donors (Lipinski definition) is 1. The summed E-state index contributed by atoms with van der Waals surface area (Å²) in [7, 11) is -3.83. The van der Waals surface area contributed by atoms with Gasteiger partial charge in [-0.1, -0.05) is 67.0 Å². The standard InChI is InChI=1S/C32H60O3Si2/c1-29(2,3)36(9,10)34-24-19-22-13-15-25-26-16-14-23(21-33)31(26,7)18-17-27(25)32(22,8)28(20-24)35-37(11,12)30(4,5)6/h13,23-28,33H,14-21H2,1-12H3/t23-,24?,25+,26+,27+,28+,31-,32+/m1/s1. The average Bonchev–Trinajstić information content (AvgIpc) is 3.09. The molecule has 8 atom stereocenters. The van der Waals surface area contributed by atoms with Crippen LogP contribution in [-0.4, -0.2) is 40.6 Å². The van der Waals surface area contributed by atoms with Crippen molar-refractivity contribution in [3.63, 3.8) is 0 Å². The number of hydrogen-bond acceptors (Lipinski definition) is 3. The molecule has 0 radical (unpaired) electrons. The van der Waals surface area contributed by atoms with E-state index in [-0.39, 0.29) is 27.7 Å². The summed E-state index contributed by atoms with van der Waals surface area (Å²) in [5.74, 6) is 2.65. The summed E-state index contributed by atoms with van der Waals surface area (Å²) < 4.78 is 14.6. The molecule has 37 heavy (non-hydrogen) atoms. The summed E-state index contributed by atoms with van der Waals surface area (Å²) in [5.41, 5.74) is 2.06. The van der Waals surface area contributed by atoms with Crippen molar-refractivity contribution in [1.29, 1.82) is 0 Å². The van der Waals surface area contributed by atoms with E-state index < -0.39 is 16.6 Å². The van der Waals surface area contributed by atoms with Gasteiger partial charge in [-0.3, -0.25) is 0 Å². The molecule has 0 heterocycles. The van der Waals surface area contributed by atoms with E-state index in [9.17, 15) is 5.11 Å². The third-order valence-corrected chi connectivity index (χ3v) is 22.1. The van der Waals surface area contributed by atoms with Crippen molar-refractivity contribution < 1.29 is 14.0 Å². The second-order valence-corrected chi connectivity index (χ2v) is 26.4. The topological polar surface area (TPSA) is 38.7 Å². The smallest absolute Gasteiger partial charge is 0.192 e. The lowest BCUT2D eigenvalue weighted by atomic mass is 9.47. The number of rotatable bonds is 5. The van der Waals surface area contributed by atoms with Gasteiger partial charge in [-0.15, -0.1) is 0 Å². The van der Waals surface area contributed by atoms with Gasteiger partial charge in [0.1, 0.15) is 0 Å². The molecule has 0 aromatic heterocycles. The van der Waals surface area contributed by atoms with E-state index in [1.54, 1.807) is 5.57 Å². The van der Waals surface area contributed by atoms with E-state index >= 15 is 0 Å². The highest BCUT2D eigenvalue weighted by molar-refractivity contribution is 6.74. The van der Waals surface area contributed by atoms with Gasteiger partial charge in [0.25, 0.3) is 0 Å². The molecule has 0 aromatic carbocycles. The number of aliphatic hydroxyl groups excluding tert-OH is 1. The van der Waals surface area contributed by atoms with E-state index in [2.05, 4.69) is 87.7 Å². The maximum Gasteiger partial charge on any atom is 0.192 e. The van der Waals surface area contributed by atoms with Gasteiger partial charge in [-0.25, -0.2) is 0 Å². The normalized spacial score (nSPS) is 41.1. The van der Waals surface area contributed by atoms with Crippen LogP contribution in [0.2, 0.25) is 36.3 Å². The van der Waals surface area contributed by atoms with E-state index in [1.165, 1.54) is 32.1 Å². The molecule has 3 fully saturated rings. The van der Waals surface area contributed by atoms with E-state index in [4.69, 9.17) is 8.85 Å². The first-order valence-corrected chi connectivity index (χ1v) is 21.3. The van der Waals surface area contributed by atoms with Crippen LogP contribution in [-0.2, 0) is 8.85 Å². The molecule has 4 rings (SSSR count). The van der Waals surface area contributed by atoms with Crippen molar-refractivity contribution in [1.82, 2.24) is 0 Å². The second-order valence-electron chi connectivity index (χ2n) is 16.9. The summed E-state index contributed by atoms with van der Waals surface area (Å²) >= 11 is 0. The Hall–Kier alpha value is 0.0538. The first-order chi connectivity index (χ1) is 16.8. The minimum atomic E-state index is -1.96. The Kier molecular flexibility index (Phi) is 7.76. The van der Waals surface area contributed by atoms with Crippen LogP contribution in [0.4, 0.5) is 0 Å². The van der Waals surface area contributed by atoms with Crippen LogP contribution in [0.15, 0.2) is 11.6 Å². The molecule has 3 saturated carbocycles. The third kappa shape index (κ3) is 4.93. The lowest BCUT2D eigenvalue weighted by molar-refractivity contribution is -0.101. The highest BCUT2D eigenvalue weighted by Gasteiger charge is 2.62. The number of aliphatic hydroxyl groups is 1. The number of fused-ring (bicyclic) bond motifs is 5. The molecule has 0 bridgehead atoms. The third-order valence-electron chi connectivity index (χ3n) is 13.1. The molecule has 1 unspecified atom stereocenters. The summed E-state index contributed by atoms with van der Waals surface area (Å²) in [6.45, 7) is 29.4. The highest BCUT2D eigenvalue weighted by Crippen LogP contribution is 2.67. The Morgan fingerprint density at radius 2 is 1.49 bits per heavy atom. The Labute approximate surface area is 231 Å². The molecule has 4 aliphatic carbocycles. The zero-order chi connectivity index (χ0) is 27.8. The molecule has 0 amide bonds. The van der Waals surface area contributed by atoms with Crippen molar-refractivity contribution in [2.75, 3.05) is 6.61 Å². The van der Waals surface area contributed by atoms with Gasteiger partial charge in [0.2, 0.25) is 0 Å². The molecule has 0 spiro atoms. The van der Waals surface area contributed by atoms with Crippen LogP contribution in [0.25, 0.3) is 0 Å². The zero-order valence-electron chi connectivity index (χ0n) is 26.5. The van der Waals surface area contributed by atoms with E-state index in [0.29, 0.717) is 23.9 Å². The lowest BCUT2D eigenvalue weighted by Gasteiger charge is -2.61. The maximum absolute atomic E-state index is 10.2. The van der Waals surface area contributed by atoms with E-state index in [0.717, 1.165) is 24.7 Å². The highest BCUT2D eigenvalue weighted by atomic mass is 28.4. The van der Waals surface area contributed by atoms with Crippen LogP contribution < -0.4 is 0 Å². The van der Waals surface area contributed by atoms with Gasteiger partial charge in [-0.2, -0.15) is 0 Å². The van der Waals surface area contributed by atoms with Gasteiger partial charge in [-0.05, 0) is 110 Å². The fourth-order valence-electron chi connectivity index (χ4n) is 8.45. The Balaban J connectivity index is 1.71. The summed E-state index contributed by atoms with van der Waals surface area (Å²) in [5, 5.41) is 10.6. The summed E-state index contributed by atoms with van der Waals surface area (Å²) in [6.07, 6.45) is 11.6. The van der Waals surface area contributed by atoms with Crippen molar-refractivity contribution in [2.24, 2.45) is 34.5 Å². The predicted octanol–water partition coefficient (Wildman–Crippen LogP) is 8.95. The first kappa shape index (κ1) is 30.0. The summed E-state index contributed by atoms with van der Waals surface area (Å²) in [4.78, 5) is 0. The maximum atomic E-state index is 10.2. The van der Waals surface area contributed by atoms with Crippen molar-refractivity contribution in [2.45, 2.75) is 149 Å². The van der Waals surface area contributed by atoms with Gasteiger partial charge < -0.3 is 14.0 Å². The van der Waals surface area contributed by atoms with Crippen molar-refractivity contribution >= 4 is 16.6 Å². The minimum Gasteiger partial charge on any atom is -0.414 e. The van der Waals surface area contributed by atoms with Crippen LogP contribution >= 0.6 is 0 Å². The van der Waals surface area contributed by atoms with Crippen LogP contribution in [0.5, 0.6) is 0 Å². The molecule has 0 aliphatic heterocycles. The molecule has 4 aliphatic rings. The minimum absolute atomic E-state index is 0.102. The van der Waals surface area contributed by atoms with Crippen LogP contribution in [0, 0.1) is 34.5 Å². The number of allylic oxidation sites excluding steroid dienone is 1. The Morgan fingerprint density at radius 3 is 2.05 bits per heavy atom. The Bertz CT molecular complexity index is 881. The molecule has 5 heteroatoms. The van der Waals surface area contributed by atoms with Crippen molar-refractivity contribution in [3.8, 4) is 0 Å². The second kappa shape index (κ2) is 9.57. The molecule has 214 valence electrons. The van der Waals surface area contributed by atoms with Gasteiger partial charge in [0, 0.05) is 12.0 Å². The zero-order valence-corrected chi connectivity index (χ0v) is 28.5.